The highest BCUT2D eigenvalue weighted by molar-refractivity contribution is 7.99. The van der Waals surface area contributed by atoms with E-state index in [2.05, 4.69) is 19.2 Å². The molecule has 0 aromatic rings. The second-order valence-electron chi connectivity index (χ2n) is 3.55. The Labute approximate surface area is 92.9 Å². The van der Waals surface area contributed by atoms with Crippen molar-refractivity contribution in [1.82, 2.24) is 5.32 Å². The summed E-state index contributed by atoms with van der Waals surface area (Å²) in [6.07, 6.45) is 4.86. The molecule has 0 heterocycles. The molecule has 0 radical (unpaired) electrons. The summed E-state index contributed by atoms with van der Waals surface area (Å²) in [7, 11) is 0. The zero-order valence-electron chi connectivity index (χ0n) is 9.59. The van der Waals surface area contributed by atoms with Crippen molar-refractivity contribution >= 4 is 11.8 Å². The van der Waals surface area contributed by atoms with E-state index in [4.69, 9.17) is 5.11 Å². The molecule has 3 heteroatoms. The maximum absolute atomic E-state index is 8.85. The number of hydrogen-bond acceptors (Lipinski definition) is 3. The number of aliphatic hydroxyl groups excluding tert-OH is 1. The highest BCUT2D eigenvalue weighted by Gasteiger charge is 2.05. The highest BCUT2D eigenvalue weighted by Crippen LogP contribution is 2.09. The van der Waals surface area contributed by atoms with Crippen LogP contribution in [-0.2, 0) is 0 Å². The molecule has 0 saturated heterocycles. The van der Waals surface area contributed by atoms with E-state index in [0.29, 0.717) is 12.6 Å². The van der Waals surface area contributed by atoms with Crippen molar-refractivity contribution in [2.24, 2.45) is 0 Å². The molecule has 0 saturated carbocycles. The van der Waals surface area contributed by atoms with E-state index < -0.39 is 0 Å². The quantitative estimate of drug-likeness (QED) is 0.553. The fourth-order valence-electron chi connectivity index (χ4n) is 1.37. The molecule has 86 valence electrons. The van der Waals surface area contributed by atoms with Crippen LogP contribution in [0.2, 0.25) is 0 Å². The summed E-state index contributed by atoms with van der Waals surface area (Å²) in [6.45, 7) is 5.65. The number of aliphatic hydroxyl groups is 1. The fourth-order valence-corrected chi connectivity index (χ4v) is 2.51. The van der Waals surface area contributed by atoms with E-state index in [1.807, 2.05) is 11.8 Å². The molecule has 0 aromatic heterocycles. The lowest BCUT2D eigenvalue weighted by Crippen LogP contribution is -2.32. The first-order chi connectivity index (χ1) is 6.85. The Hall–Kier alpha value is 0.270. The van der Waals surface area contributed by atoms with Gasteiger partial charge in [-0.15, -0.1) is 0 Å². The predicted molar refractivity (Wildman–Crippen MR) is 66.0 cm³/mol. The number of unbranched alkanes of at least 4 members (excludes halogenated alkanes) is 2. The molecule has 0 aliphatic heterocycles. The third-order valence-corrected chi connectivity index (χ3v) is 3.40. The Bertz CT molecular complexity index is 105. The molecule has 14 heavy (non-hydrogen) atoms. The molecule has 0 aliphatic rings. The maximum atomic E-state index is 8.85. The van der Waals surface area contributed by atoms with E-state index in [1.54, 1.807) is 0 Å². The summed E-state index contributed by atoms with van der Waals surface area (Å²) < 4.78 is 0. The zero-order valence-corrected chi connectivity index (χ0v) is 10.4. The smallest absolute Gasteiger partial charge is 0.0446 e. The molecule has 0 aliphatic carbocycles. The van der Waals surface area contributed by atoms with Gasteiger partial charge in [-0.1, -0.05) is 26.7 Å². The zero-order chi connectivity index (χ0) is 10.6. The standard InChI is InChI=1S/C11H25NOS/c1-3-5-6-9-14-10-11(7-8-13)12-4-2/h11-13H,3-10H2,1-2H3. The molecular weight excluding hydrogens is 194 g/mol. The van der Waals surface area contributed by atoms with Crippen molar-refractivity contribution in [3.63, 3.8) is 0 Å². The highest BCUT2D eigenvalue weighted by atomic mass is 32.2. The summed E-state index contributed by atoms with van der Waals surface area (Å²) in [5, 5.41) is 12.2. The number of hydrogen-bond donors (Lipinski definition) is 2. The van der Waals surface area contributed by atoms with Crippen LogP contribution in [-0.4, -0.2) is 35.8 Å². The minimum absolute atomic E-state index is 0.299. The van der Waals surface area contributed by atoms with Crippen LogP contribution in [0.1, 0.15) is 39.5 Å². The lowest BCUT2D eigenvalue weighted by Gasteiger charge is -2.15. The van der Waals surface area contributed by atoms with Gasteiger partial charge in [0.15, 0.2) is 0 Å². The van der Waals surface area contributed by atoms with E-state index >= 15 is 0 Å². The summed E-state index contributed by atoms with van der Waals surface area (Å²) in [6, 6.07) is 0.497. The van der Waals surface area contributed by atoms with Gasteiger partial charge in [0, 0.05) is 18.4 Å². The van der Waals surface area contributed by atoms with Gasteiger partial charge in [-0.3, -0.25) is 0 Å². The summed E-state index contributed by atoms with van der Waals surface area (Å²) in [5.74, 6) is 2.40. The number of thioether (sulfide) groups is 1. The first kappa shape index (κ1) is 14.3. The van der Waals surface area contributed by atoms with Crippen molar-refractivity contribution in [2.75, 3.05) is 24.7 Å². The van der Waals surface area contributed by atoms with Gasteiger partial charge < -0.3 is 10.4 Å². The van der Waals surface area contributed by atoms with Gasteiger partial charge in [0.05, 0.1) is 0 Å². The molecule has 0 aromatic carbocycles. The van der Waals surface area contributed by atoms with E-state index in [1.165, 1.54) is 25.0 Å². The summed E-state index contributed by atoms with van der Waals surface area (Å²) in [5.41, 5.74) is 0. The first-order valence-electron chi connectivity index (χ1n) is 5.77. The molecule has 0 amide bonds. The van der Waals surface area contributed by atoms with Crippen LogP contribution in [0.3, 0.4) is 0 Å². The van der Waals surface area contributed by atoms with Crippen LogP contribution < -0.4 is 5.32 Å². The van der Waals surface area contributed by atoms with E-state index in [-0.39, 0.29) is 0 Å². The Balaban J connectivity index is 3.30. The Morgan fingerprint density at radius 3 is 2.64 bits per heavy atom. The summed E-state index contributed by atoms with van der Waals surface area (Å²) in [4.78, 5) is 0. The minimum atomic E-state index is 0.299. The Morgan fingerprint density at radius 2 is 2.07 bits per heavy atom. The van der Waals surface area contributed by atoms with Crippen molar-refractivity contribution in [3.05, 3.63) is 0 Å². The lowest BCUT2D eigenvalue weighted by molar-refractivity contribution is 0.271. The van der Waals surface area contributed by atoms with Gasteiger partial charge in [0.2, 0.25) is 0 Å². The number of rotatable bonds is 10. The first-order valence-corrected chi connectivity index (χ1v) is 6.92. The molecule has 2 nitrogen and oxygen atoms in total. The lowest BCUT2D eigenvalue weighted by atomic mass is 10.2. The van der Waals surface area contributed by atoms with Crippen LogP contribution >= 0.6 is 11.8 Å². The SMILES string of the molecule is CCCCCSCC(CCO)NCC. The van der Waals surface area contributed by atoms with Crippen LogP contribution in [0.25, 0.3) is 0 Å². The second kappa shape index (κ2) is 11.3. The van der Waals surface area contributed by atoms with E-state index in [9.17, 15) is 0 Å². The molecule has 0 bridgehead atoms. The van der Waals surface area contributed by atoms with Crippen molar-refractivity contribution < 1.29 is 5.11 Å². The van der Waals surface area contributed by atoms with Gasteiger partial charge in [-0.25, -0.2) is 0 Å². The van der Waals surface area contributed by atoms with Gasteiger partial charge >= 0.3 is 0 Å². The number of nitrogens with one attached hydrogen (secondary N) is 1. The van der Waals surface area contributed by atoms with Crippen molar-refractivity contribution in [1.29, 1.82) is 0 Å². The van der Waals surface area contributed by atoms with E-state index in [0.717, 1.165) is 18.7 Å². The maximum Gasteiger partial charge on any atom is 0.0446 e. The molecule has 1 unspecified atom stereocenters. The normalized spacial score (nSPS) is 13.1. The van der Waals surface area contributed by atoms with Crippen LogP contribution in [0.4, 0.5) is 0 Å². The van der Waals surface area contributed by atoms with Gasteiger partial charge in [0.1, 0.15) is 0 Å². The predicted octanol–water partition coefficient (Wildman–Crippen LogP) is 2.27. The molecule has 1 atom stereocenters. The summed E-state index contributed by atoms with van der Waals surface area (Å²) >= 11 is 2.01. The fraction of sp³-hybridized carbons (Fsp3) is 1.00. The monoisotopic (exact) mass is 219 g/mol. The molecule has 0 spiro atoms. The Morgan fingerprint density at radius 1 is 1.29 bits per heavy atom. The van der Waals surface area contributed by atoms with Crippen molar-refractivity contribution in [3.8, 4) is 0 Å². The average molecular weight is 219 g/mol. The largest absolute Gasteiger partial charge is 0.396 e. The van der Waals surface area contributed by atoms with Crippen LogP contribution in [0.5, 0.6) is 0 Å². The van der Waals surface area contributed by atoms with Crippen LogP contribution in [0, 0.1) is 0 Å². The third-order valence-electron chi connectivity index (χ3n) is 2.18. The third kappa shape index (κ3) is 8.85. The van der Waals surface area contributed by atoms with Crippen LogP contribution in [0.15, 0.2) is 0 Å². The molecule has 2 N–H and O–H groups in total. The van der Waals surface area contributed by atoms with Gasteiger partial charge in [0.25, 0.3) is 0 Å². The topological polar surface area (TPSA) is 32.3 Å². The molecule has 0 rings (SSSR count). The minimum Gasteiger partial charge on any atom is -0.396 e. The molecule has 0 fully saturated rings. The Kier molecular flexibility index (Phi) is 11.6. The van der Waals surface area contributed by atoms with Gasteiger partial charge in [-0.05, 0) is 25.1 Å². The second-order valence-corrected chi connectivity index (χ2v) is 4.70. The van der Waals surface area contributed by atoms with Crippen molar-refractivity contribution in [2.45, 2.75) is 45.6 Å². The van der Waals surface area contributed by atoms with Gasteiger partial charge in [-0.2, -0.15) is 11.8 Å². The average Bonchev–Trinajstić information content (AvgIpc) is 2.18. The molecular formula is C11H25NOS.